The fourth-order valence-electron chi connectivity index (χ4n) is 1.94. The van der Waals surface area contributed by atoms with E-state index in [0.717, 1.165) is 36.7 Å². The van der Waals surface area contributed by atoms with E-state index in [0.29, 0.717) is 12.6 Å². The van der Waals surface area contributed by atoms with Crippen LogP contribution in [0.5, 0.6) is 0 Å². The summed E-state index contributed by atoms with van der Waals surface area (Å²) in [4.78, 5) is 11.7. The zero-order valence-corrected chi connectivity index (χ0v) is 12.3. The van der Waals surface area contributed by atoms with Crippen molar-refractivity contribution in [3.05, 3.63) is 10.5 Å². The van der Waals surface area contributed by atoms with Crippen molar-refractivity contribution in [3.8, 4) is 0 Å². The summed E-state index contributed by atoms with van der Waals surface area (Å²) in [6.07, 6.45) is 3.27. The fraction of sp³-hybridized carbons (Fsp3) is 0.833. The number of aromatic amines is 1. The summed E-state index contributed by atoms with van der Waals surface area (Å²) in [5, 5.41) is 10.9. The van der Waals surface area contributed by atoms with Gasteiger partial charge in [-0.15, -0.1) is 5.10 Å². The van der Waals surface area contributed by atoms with Crippen LogP contribution >= 0.6 is 11.8 Å². The van der Waals surface area contributed by atoms with Crippen molar-refractivity contribution in [1.82, 2.24) is 20.1 Å². The number of ether oxygens (including phenoxy) is 1. The lowest BCUT2D eigenvalue weighted by Crippen LogP contribution is -2.36. The quantitative estimate of drug-likeness (QED) is 0.663. The van der Waals surface area contributed by atoms with Gasteiger partial charge in [0.25, 0.3) is 0 Å². The Morgan fingerprint density at radius 1 is 1.63 bits per heavy atom. The summed E-state index contributed by atoms with van der Waals surface area (Å²) in [6, 6.07) is 0.646. The first-order valence-electron chi connectivity index (χ1n) is 6.78. The summed E-state index contributed by atoms with van der Waals surface area (Å²) >= 11 is 1.61. The molecule has 0 spiro atoms. The number of nitrogens with zero attached hydrogens (tertiary/aromatic N) is 2. The van der Waals surface area contributed by atoms with Crippen molar-refractivity contribution in [2.24, 2.45) is 0 Å². The molecule has 1 fully saturated rings. The van der Waals surface area contributed by atoms with E-state index < -0.39 is 0 Å². The molecule has 0 aliphatic heterocycles. The van der Waals surface area contributed by atoms with Gasteiger partial charge in [0.05, 0.1) is 6.61 Å². The van der Waals surface area contributed by atoms with Crippen LogP contribution in [0.1, 0.15) is 32.2 Å². The van der Waals surface area contributed by atoms with E-state index in [4.69, 9.17) is 4.74 Å². The van der Waals surface area contributed by atoms with Crippen LogP contribution in [0.4, 0.5) is 0 Å². The van der Waals surface area contributed by atoms with Gasteiger partial charge < -0.3 is 10.1 Å². The van der Waals surface area contributed by atoms with Crippen LogP contribution in [0.2, 0.25) is 0 Å². The average Bonchev–Trinajstić information content (AvgIpc) is 3.17. The summed E-state index contributed by atoms with van der Waals surface area (Å²) in [7, 11) is 1.71. The van der Waals surface area contributed by atoms with E-state index in [9.17, 15) is 4.79 Å². The van der Waals surface area contributed by atoms with Gasteiger partial charge in [0.1, 0.15) is 0 Å². The second-order valence-electron chi connectivity index (χ2n) is 4.83. The number of H-pyrrole nitrogens is 1. The van der Waals surface area contributed by atoms with E-state index in [1.165, 1.54) is 0 Å². The number of aromatic nitrogens is 3. The molecule has 0 saturated heterocycles. The number of rotatable bonds is 9. The Bertz CT molecular complexity index is 441. The maximum Gasteiger partial charge on any atom is 0.344 e. The lowest BCUT2D eigenvalue weighted by atomic mass is 10.3. The monoisotopic (exact) mass is 286 g/mol. The average molecular weight is 286 g/mol. The van der Waals surface area contributed by atoms with Crippen molar-refractivity contribution in [2.45, 2.75) is 43.4 Å². The van der Waals surface area contributed by atoms with Crippen molar-refractivity contribution in [2.75, 3.05) is 26.0 Å². The van der Waals surface area contributed by atoms with Gasteiger partial charge in [0.15, 0.2) is 5.16 Å². The molecule has 1 atom stereocenters. The van der Waals surface area contributed by atoms with Crippen LogP contribution in [-0.4, -0.2) is 46.8 Å². The Balaban J connectivity index is 1.90. The van der Waals surface area contributed by atoms with Gasteiger partial charge in [-0.25, -0.2) is 9.89 Å². The molecule has 7 heteroatoms. The third kappa shape index (κ3) is 4.09. The third-order valence-electron chi connectivity index (χ3n) is 3.05. The number of methoxy groups -OCH3 is 1. The van der Waals surface area contributed by atoms with Crippen molar-refractivity contribution in [3.63, 3.8) is 0 Å². The molecule has 1 saturated carbocycles. The smallest absolute Gasteiger partial charge is 0.344 e. The standard InChI is InChI=1S/C12H22N4O2S/c1-3-6-13-9(7-18-2)8-19-12-15-14-11(17)16(12)10-4-5-10/h9-10,13H,3-8H2,1-2H3,(H,14,17). The normalized spacial score (nSPS) is 16.7. The van der Waals surface area contributed by atoms with E-state index in [2.05, 4.69) is 22.4 Å². The minimum Gasteiger partial charge on any atom is -0.383 e. The third-order valence-corrected chi connectivity index (χ3v) is 4.16. The van der Waals surface area contributed by atoms with Crippen molar-refractivity contribution >= 4 is 11.8 Å². The molecule has 0 amide bonds. The molecule has 1 aliphatic carbocycles. The van der Waals surface area contributed by atoms with Crippen LogP contribution in [0.3, 0.4) is 0 Å². The van der Waals surface area contributed by atoms with Gasteiger partial charge in [0.2, 0.25) is 0 Å². The van der Waals surface area contributed by atoms with Gasteiger partial charge in [-0.05, 0) is 25.8 Å². The molecule has 0 bridgehead atoms. The predicted molar refractivity (Wildman–Crippen MR) is 75.8 cm³/mol. The minimum absolute atomic E-state index is 0.0881. The molecular formula is C12H22N4O2S. The number of nitrogens with one attached hydrogen (secondary N) is 2. The second kappa shape index (κ2) is 7.12. The summed E-state index contributed by atoms with van der Waals surface area (Å²) in [5.41, 5.74) is -0.0881. The fourth-order valence-corrected chi connectivity index (χ4v) is 2.98. The van der Waals surface area contributed by atoms with Crippen LogP contribution < -0.4 is 11.0 Å². The van der Waals surface area contributed by atoms with E-state index in [1.54, 1.807) is 23.4 Å². The predicted octanol–water partition coefficient (Wildman–Crippen LogP) is 1.01. The van der Waals surface area contributed by atoms with Crippen LogP contribution in [0.15, 0.2) is 9.95 Å². The lowest BCUT2D eigenvalue weighted by Gasteiger charge is -2.16. The highest BCUT2D eigenvalue weighted by Gasteiger charge is 2.28. The molecule has 1 aromatic rings. The maximum absolute atomic E-state index is 11.7. The first kappa shape index (κ1) is 14.6. The highest BCUT2D eigenvalue weighted by Crippen LogP contribution is 2.36. The molecule has 1 heterocycles. The summed E-state index contributed by atoms with van der Waals surface area (Å²) < 4.78 is 7.00. The lowest BCUT2D eigenvalue weighted by molar-refractivity contribution is 0.174. The molecule has 19 heavy (non-hydrogen) atoms. The molecule has 1 aliphatic rings. The first-order chi connectivity index (χ1) is 9.26. The number of hydrogen-bond acceptors (Lipinski definition) is 5. The van der Waals surface area contributed by atoms with Gasteiger partial charge in [0, 0.05) is 24.9 Å². The zero-order chi connectivity index (χ0) is 13.7. The second-order valence-corrected chi connectivity index (χ2v) is 5.82. The number of thioether (sulfide) groups is 1. The molecule has 0 radical (unpaired) electrons. The van der Waals surface area contributed by atoms with E-state index in [-0.39, 0.29) is 11.7 Å². The van der Waals surface area contributed by atoms with Crippen molar-refractivity contribution < 1.29 is 4.74 Å². The molecule has 1 unspecified atom stereocenters. The minimum atomic E-state index is -0.0881. The highest BCUT2D eigenvalue weighted by atomic mass is 32.2. The van der Waals surface area contributed by atoms with Crippen LogP contribution in [-0.2, 0) is 4.74 Å². The molecule has 0 aromatic carbocycles. The largest absolute Gasteiger partial charge is 0.383 e. The molecule has 2 N–H and O–H groups in total. The summed E-state index contributed by atoms with van der Waals surface area (Å²) in [5.74, 6) is 0.852. The maximum atomic E-state index is 11.7. The Kier molecular flexibility index (Phi) is 5.47. The van der Waals surface area contributed by atoms with E-state index in [1.807, 2.05) is 0 Å². The Labute approximate surface area is 117 Å². The van der Waals surface area contributed by atoms with Crippen LogP contribution in [0, 0.1) is 0 Å². The Morgan fingerprint density at radius 2 is 2.42 bits per heavy atom. The van der Waals surface area contributed by atoms with E-state index >= 15 is 0 Å². The Morgan fingerprint density at radius 3 is 3.05 bits per heavy atom. The molecule has 108 valence electrons. The van der Waals surface area contributed by atoms with Gasteiger partial charge in [-0.3, -0.25) is 4.57 Å². The van der Waals surface area contributed by atoms with Crippen molar-refractivity contribution in [1.29, 1.82) is 0 Å². The van der Waals surface area contributed by atoms with Gasteiger partial charge in [-0.1, -0.05) is 18.7 Å². The Hall–Kier alpha value is -0.790. The van der Waals surface area contributed by atoms with Gasteiger partial charge >= 0.3 is 5.69 Å². The topological polar surface area (TPSA) is 71.9 Å². The zero-order valence-electron chi connectivity index (χ0n) is 11.5. The van der Waals surface area contributed by atoms with Gasteiger partial charge in [-0.2, -0.15) is 0 Å². The number of hydrogen-bond donors (Lipinski definition) is 2. The molecule has 1 aromatic heterocycles. The molecule has 2 rings (SSSR count). The molecular weight excluding hydrogens is 264 g/mol. The summed E-state index contributed by atoms with van der Waals surface area (Å²) in [6.45, 7) is 3.79. The molecule has 6 nitrogen and oxygen atoms in total. The highest BCUT2D eigenvalue weighted by molar-refractivity contribution is 7.99. The van der Waals surface area contributed by atoms with Crippen LogP contribution in [0.25, 0.3) is 0 Å². The first-order valence-corrected chi connectivity index (χ1v) is 7.76. The SMILES string of the molecule is CCCNC(COC)CSc1n[nH]c(=O)n1C1CC1.